The molecule has 0 radical (unpaired) electrons. The van der Waals surface area contributed by atoms with Gasteiger partial charge in [-0.2, -0.15) is 0 Å². The molecule has 0 spiro atoms. The number of amides is 1. The number of nitrogens with zero attached hydrogens (tertiary/aromatic N) is 1. The summed E-state index contributed by atoms with van der Waals surface area (Å²) in [6.45, 7) is 3.93. The van der Waals surface area contributed by atoms with Crippen molar-refractivity contribution in [3.63, 3.8) is 0 Å². The van der Waals surface area contributed by atoms with Crippen LogP contribution in [0.1, 0.15) is 12.5 Å². The third-order valence-electron chi connectivity index (χ3n) is 2.26. The molecular weight excluding hydrogens is 198 g/mol. The van der Waals surface area contributed by atoms with Crippen LogP contribution in [-0.4, -0.2) is 13.0 Å². The van der Waals surface area contributed by atoms with Gasteiger partial charge in [-0.3, -0.25) is 4.79 Å². The molecule has 0 aromatic heterocycles. The maximum absolute atomic E-state index is 11.7. The average molecular weight is 215 g/mol. The van der Waals surface area contributed by atoms with E-state index in [2.05, 4.69) is 0 Å². The summed E-state index contributed by atoms with van der Waals surface area (Å²) in [6.07, 6.45) is 7.02. The lowest BCUT2D eigenvalue weighted by molar-refractivity contribution is -0.113. The lowest BCUT2D eigenvalue weighted by atomic mass is 10.2. The Labute approximate surface area is 96.9 Å². The smallest absolute Gasteiger partial charge is 0.250 e. The number of carbonyl (C=O) groups is 1. The molecule has 84 valence electrons. The van der Waals surface area contributed by atoms with E-state index < -0.39 is 0 Å². The number of aryl methyl sites for hydroxylation is 1. The van der Waals surface area contributed by atoms with Crippen LogP contribution in [0, 0.1) is 6.92 Å². The van der Waals surface area contributed by atoms with Gasteiger partial charge in [0.25, 0.3) is 5.91 Å². The maximum Gasteiger partial charge on any atom is 0.250 e. The highest BCUT2D eigenvalue weighted by atomic mass is 16.2. The second-order valence-corrected chi connectivity index (χ2v) is 3.62. The molecule has 1 amide bonds. The highest BCUT2D eigenvalue weighted by Crippen LogP contribution is 2.14. The van der Waals surface area contributed by atoms with Gasteiger partial charge >= 0.3 is 0 Å². The first-order valence-corrected chi connectivity index (χ1v) is 5.29. The number of hydrogen-bond acceptors (Lipinski definition) is 1. The number of benzene rings is 1. The van der Waals surface area contributed by atoms with E-state index in [9.17, 15) is 4.79 Å². The van der Waals surface area contributed by atoms with Crippen molar-refractivity contribution in [3.05, 3.63) is 54.1 Å². The summed E-state index contributed by atoms with van der Waals surface area (Å²) >= 11 is 0. The summed E-state index contributed by atoms with van der Waals surface area (Å²) in [5, 5.41) is 0. The molecule has 2 nitrogen and oxygen atoms in total. The molecule has 0 bridgehead atoms. The number of anilines is 1. The Morgan fingerprint density at radius 3 is 2.69 bits per heavy atom. The minimum atomic E-state index is -0.0244. The third-order valence-corrected chi connectivity index (χ3v) is 2.26. The van der Waals surface area contributed by atoms with E-state index in [0.29, 0.717) is 0 Å². The number of rotatable bonds is 3. The Kier molecular flexibility index (Phi) is 4.52. The predicted molar refractivity (Wildman–Crippen MR) is 68.5 cm³/mol. The molecule has 0 heterocycles. The second-order valence-electron chi connectivity index (χ2n) is 3.62. The van der Waals surface area contributed by atoms with Crippen molar-refractivity contribution in [3.8, 4) is 0 Å². The SMILES string of the molecule is CC=CC=CC(=O)N(C)c1cccc(C)c1. The van der Waals surface area contributed by atoms with Crippen molar-refractivity contribution in [2.75, 3.05) is 11.9 Å². The van der Waals surface area contributed by atoms with Crippen molar-refractivity contribution in [2.45, 2.75) is 13.8 Å². The van der Waals surface area contributed by atoms with Crippen molar-refractivity contribution >= 4 is 11.6 Å². The topological polar surface area (TPSA) is 20.3 Å². The summed E-state index contributed by atoms with van der Waals surface area (Å²) in [7, 11) is 1.77. The third kappa shape index (κ3) is 3.39. The molecule has 0 aliphatic carbocycles. The lowest BCUT2D eigenvalue weighted by Crippen LogP contribution is -2.23. The minimum Gasteiger partial charge on any atom is -0.312 e. The molecule has 0 N–H and O–H groups in total. The van der Waals surface area contributed by atoms with Gasteiger partial charge in [-0.15, -0.1) is 0 Å². The van der Waals surface area contributed by atoms with Crippen LogP contribution >= 0.6 is 0 Å². The Hall–Kier alpha value is -1.83. The fourth-order valence-corrected chi connectivity index (χ4v) is 1.32. The number of carbonyl (C=O) groups excluding carboxylic acids is 1. The molecule has 0 fully saturated rings. The van der Waals surface area contributed by atoms with Crippen LogP contribution in [0.2, 0.25) is 0 Å². The van der Waals surface area contributed by atoms with Gasteiger partial charge in [0.15, 0.2) is 0 Å². The largest absolute Gasteiger partial charge is 0.312 e. The predicted octanol–water partition coefficient (Wildman–Crippen LogP) is 3.09. The monoisotopic (exact) mass is 215 g/mol. The fourth-order valence-electron chi connectivity index (χ4n) is 1.32. The number of hydrogen-bond donors (Lipinski definition) is 0. The molecule has 0 atom stereocenters. The van der Waals surface area contributed by atoms with E-state index in [4.69, 9.17) is 0 Å². The van der Waals surface area contributed by atoms with E-state index >= 15 is 0 Å². The van der Waals surface area contributed by atoms with Crippen molar-refractivity contribution in [2.24, 2.45) is 0 Å². The molecule has 0 saturated carbocycles. The minimum absolute atomic E-state index is 0.0244. The highest BCUT2D eigenvalue weighted by molar-refractivity contribution is 6.01. The van der Waals surface area contributed by atoms with Crippen molar-refractivity contribution < 1.29 is 4.79 Å². The first kappa shape index (κ1) is 12.2. The van der Waals surface area contributed by atoms with Crippen molar-refractivity contribution in [1.29, 1.82) is 0 Å². The van der Waals surface area contributed by atoms with Crippen LogP contribution < -0.4 is 4.90 Å². The maximum atomic E-state index is 11.7. The molecule has 0 saturated heterocycles. The van der Waals surface area contributed by atoms with Crippen molar-refractivity contribution in [1.82, 2.24) is 0 Å². The van der Waals surface area contributed by atoms with E-state index in [1.165, 1.54) is 0 Å². The number of allylic oxidation sites excluding steroid dienone is 3. The summed E-state index contributed by atoms with van der Waals surface area (Å²) in [6, 6.07) is 7.87. The molecule has 0 unspecified atom stereocenters. The van der Waals surface area contributed by atoms with Crippen LogP contribution in [0.25, 0.3) is 0 Å². The molecular formula is C14H17NO. The first-order valence-electron chi connectivity index (χ1n) is 5.29. The lowest BCUT2D eigenvalue weighted by Gasteiger charge is -2.15. The average Bonchev–Trinajstić information content (AvgIpc) is 2.28. The van der Waals surface area contributed by atoms with Crippen LogP contribution in [-0.2, 0) is 4.79 Å². The summed E-state index contributed by atoms with van der Waals surface area (Å²) in [5.41, 5.74) is 2.06. The Balaban J connectivity index is 2.78. The van der Waals surface area contributed by atoms with Gasteiger partial charge in [0.05, 0.1) is 0 Å². The summed E-state index contributed by atoms with van der Waals surface area (Å²) in [4.78, 5) is 13.4. The van der Waals surface area contributed by atoms with Crippen LogP contribution in [0.15, 0.2) is 48.6 Å². The van der Waals surface area contributed by atoms with Gasteiger partial charge < -0.3 is 4.90 Å². The molecule has 16 heavy (non-hydrogen) atoms. The molecule has 1 aromatic rings. The van der Waals surface area contributed by atoms with Crippen LogP contribution in [0.5, 0.6) is 0 Å². The van der Waals surface area contributed by atoms with Crippen LogP contribution in [0.3, 0.4) is 0 Å². The fraction of sp³-hybridized carbons (Fsp3) is 0.214. The second kappa shape index (κ2) is 5.91. The van der Waals surface area contributed by atoms with Gasteiger partial charge in [0.1, 0.15) is 0 Å². The zero-order valence-electron chi connectivity index (χ0n) is 9.97. The molecule has 0 aliphatic heterocycles. The van der Waals surface area contributed by atoms with E-state index in [1.807, 2.05) is 50.3 Å². The van der Waals surface area contributed by atoms with Gasteiger partial charge in [-0.25, -0.2) is 0 Å². The van der Waals surface area contributed by atoms with Crippen LogP contribution in [0.4, 0.5) is 5.69 Å². The quantitative estimate of drug-likeness (QED) is 0.560. The van der Waals surface area contributed by atoms with Gasteiger partial charge in [0, 0.05) is 18.8 Å². The summed E-state index contributed by atoms with van der Waals surface area (Å²) in [5.74, 6) is -0.0244. The van der Waals surface area contributed by atoms with Gasteiger partial charge in [0.2, 0.25) is 0 Å². The Morgan fingerprint density at radius 2 is 2.06 bits per heavy atom. The van der Waals surface area contributed by atoms with E-state index in [1.54, 1.807) is 24.1 Å². The highest BCUT2D eigenvalue weighted by Gasteiger charge is 2.06. The normalized spacial score (nSPS) is 11.2. The van der Waals surface area contributed by atoms with Gasteiger partial charge in [-0.05, 0) is 31.5 Å². The summed E-state index contributed by atoms with van der Waals surface area (Å²) < 4.78 is 0. The molecule has 2 heteroatoms. The zero-order valence-corrected chi connectivity index (χ0v) is 9.97. The molecule has 1 aromatic carbocycles. The Morgan fingerprint density at radius 1 is 1.31 bits per heavy atom. The molecule has 0 aliphatic rings. The standard InChI is InChI=1S/C14H17NO/c1-4-5-6-10-14(16)15(3)13-9-7-8-12(2)11-13/h4-11H,1-3H3. The first-order chi connectivity index (χ1) is 7.65. The van der Waals surface area contributed by atoms with E-state index in [-0.39, 0.29) is 5.91 Å². The zero-order chi connectivity index (χ0) is 12.0. The van der Waals surface area contributed by atoms with E-state index in [0.717, 1.165) is 11.3 Å². The Bertz CT molecular complexity index is 418. The molecule has 1 rings (SSSR count). The van der Waals surface area contributed by atoms with Gasteiger partial charge in [-0.1, -0.05) is 30.4 Å². The number of likely N-dealkylation sites (N-methyl/N-ethyl adjacent to an activating group) is 1.